The van der Waals surface area contributed by atoms with Crippen LogP contribution in [0, 0.1) is 17.8 Å². The van der Waals surface area contributed by atoms with Crippen LogP contribution in [0.25, 0.3) is 0 Å². The lowest BCUT2D eigenvalue weighted by Gasteiger charge is -2.30. The molecule has 2 rings (SSSR count). The monoisotopic (exact) mass is 270 g/mol. The molecule has 108 valence electrons. The standard InChI is InChI=1S/C12H23BN2O4/c14-8-4-7-6-12(15,11(16)17)10(9(7)5-8)2-1-3-13(18)19/h7-10,18-19H,1-6,14-15H2,(H,16,17). The molecule has 0 spiro atoms. The molecule has 6 nitrogen and oxygen atoms in total. The summed E-state index contributed by atoms with van der Waals surface area (Å²) in [5, 5.41) is 27.2. The summed E-state index contributed by atoms with van der Waals surface area (Å²) in [5.41, 5.74) is 10.9. The van der Waals surface area contributed by atoms with Gasteiger partial charge < -0.3 is 26.6 Å². The van der Waals surface area contributed by atoms with Gasteiger partial charge in [0, 0.05) is 6.04 Å². The molecule has 5 atom stereocenters. The molecule has 0 radical (unpaired) electrons. The van der Waals surface area contributed by atoms with Crippen molar-refractivity contribution < 1.29 is 19.9 Å². The van der Waals surface area contributed by atoms with Gasteiger partial charge in [0.05, 0.1) is 0 Å². The van der Waals surface area contributed by atoms with Crippen molar-refractivity contribution in [3.05, 3.63) is 0 Å². The van der Waals surface area contributed by atoms with Gasteiger partial charge in [-0.05, 0) is 49.8 Å². The van der Waals surface area contributed by atoms with E-state index in [-0.39, 0.29) is 24.2 Å². The fourth-order valence-electron chi connectivity index (χ4n) is 4.13. The molecule has 2 fully saturated rings. The number of hydrogen-bond acceptors (Lipinski definition) is 5. The van der Waals surface area contributed by atoms with Gasteiger partial charge in [-0.1, -0.05) is 6.42 Å². The number of fused-ring (bicyclic) bond motifs is 1. The van der Waals surface area contributed by atoms with E-state index in [4.69, 9.17) is 21.5 Å². The normalized spacial score (nSPS) is 41.3. The summed E-state index contributed by atoms with van der Waals surface area (Å²) in [6.45, 7) is 0. The molecule has 19 heavy (non-hydrogen) atoms. The van der Waals surface area contributed by atoms with Gasteiger partial charge in [-0.15, -0.1) is 0 Å². The molecule has 5 unspecified atom stereocenters. The molecule has 0 aromatic heterocycles. The molecule has 0 aromatic rings. The third-order valence-electron chi connectivity index (χ3n) is 4.94. The first-order chi connectivity index (χ1) is 8.84. The van der Waals surface area contributed by atoms with Crippen LogP contribution in [-0.4, -0.2) is 39.8 Å². The molecule has 0 aromatic carbocycles. The second-order valence-electron chi connectivity index (χ2n) is 6.22. The second-order valence-corrected chi connectivity index (χ2v) is 6.22. The average molecular weight is 270 g/mol. The smallest absolute Gasteiger partial charge is 0.451 e. The lowest BCUT2D eigenvalue weighted by molar-refractivity contribution is -0.145. The number of rotatable bonds is 5. The zero-order chi connectivity index (χ0) is 14.2. The summed E-state index contributed by atoms with van der Waals surface area (Å²) in [7, 11) is -1.33. The van der Waals surface area contributed by atoms with Gasteiger partial charge in [-0.25, -0.2) is 0 Å². The molecule has 0 aliphatic heterocycles. The molecule has 0 heterocycles. The minimum absolute atomic E-state index is 0.109. The highest BCUT2D eigenvalue weighted by Crippen LogP contribution is 2.53. The van der Waals surface area contributed by atoms with Crippen LogP contribution < -0.4 is 11.5 Å². The largest absolute Gasteiger partial charge is 0.480 e. The number of hydrogen-bond donors (Lipinski definition) is 5. The summed E-state index contributed by atoms with van der Waals surface area (Å²) in [6.07, 6.45) is 3.64. The maximum absolute atomic E-state index is 11.5. The van der Waals surface area contributed by atoms with Crippen molar-refractivity contribution in [1.82, 2.24) is 0 Å². The highest BCUT2D eigenvalue weighted by atomic mass is 16.4. The van der Waals surface area contributed by atoms with E-state index in [0.717, 1.165) is 12.8 Å². The van der Waals surface area contributed by atoms with E-state index in [0.29, 0.717) is 25.2 Å². The van der Waals surface area contributed by atoms with Crippen LogP contribution in [0.3, 0.4) is 0 Å². The first kappa shape index (κ1) is 14.8. The first-order valence-corrected chi connectivity index (χ1v) is 6.98. The summed E-state index contributed by atoms with van der Waals surface area (Å²) in [4.78, 5) is 11.5. The van der Waals surface area contributed by atoms with E-state index in [1.54, 1.807) is 0 Å². The van der Waals surface area contributed by atoms with Crippen molar-refractivity contribution in [2.45, 2.75) is 50.0 Å². The predicted molar refractivity (Wildman–Crippen MR) is 71.1 cm³/mol. The van der Waals surface area contributed by atoms with Gasteiger partial charge in [0.15, 0.2) is 0 Å². The molecular weight excluding hydrogens is 247 g/mol. The number of nitrogens with two attached hydrogens (primary N) is 2. The highest BCUT2D eigenvalue weighted by Gasteiger charge is 2.57. The number of carboxylic acids is 1. The van der Waals surface area contributed by atoms with Gasteiger partial charge >= 0.3 is 13.1 Å². The minimum Gasteiger partial charge on any atom is -0.480 e. The lowest BCUT2D eigenvalue weighted by atomic mass is 9.75. The lowest BCUT2D eigenvalue weighted by Crippen LogP contribution is -2.52. The molecule has 0 saturated heterocycles. The van der Waals surface area contributed by atoms with Crippen molar-refractivity contribution in [2.24, 2.45) is 29.2 Å². The maximum Gasteiger partial charge on any atom is 0.451 e. The van der Waals surface area contributed by atoms with E-state index in [1.165, 1.54) is 0 Å². The third-order valence-corrected chi connectivity index (χ3v) is 4.94. The summed E-state index contributed by atoms with van der Waals surface area (Å²) >= 11 is 0. The Morgan fingerprint density at radius 1 is 1.37 bits per heavy atom. The van der Waals surface area contributed by atoms with Crippen LogP contribution in [-0.2, 0) is 4.79 Å². The predicted octanol–water partition coefficient (Wildman–Crippen LogP) is -0.605. The Morgan fingerprint density at radius 2 is 2.05 bits per heavy atom. The minimum atomic E-state index is -1.33. The molecule has 7 N–H and O–H groups in total. The molecular formula is C12H23BN2O4. The SMILES string of the molecule is NC1CC2CC(N)(C(=O)O)C(CCCB(O)O)C2C1. The maximum atomic E-state index is 11.5. The first-order valence-electron chi connectivity index (χ1n) is 6.98. The average Bonchev–Trinajstić information content (AvgIpc) is 2.74. The van der Waals surface area contributed by atoms with E-state index in [2.05, 4.69) is 0 Å². The number of aliphatic carboxylic acids is 1. The zero-order valence-corrected chi connectivity index (χ0v) is 11.0. The third kappa shape index (κ3) is 2.79. The van der Waals surface area contributed by atoms with E-state index in [9.17, 15) is 9.90 Å². The zero-order valence-electron chi connectivity index (χ0n) is 11.0. The Morgan fingerprint density at radius 3 is 2.63 bits per heavy atom. The molecule has 0 amide bonds. The van der Waals surface area contributed by atoms with Crippen molar-refractivity contribution in [3.8, 4) is 0 Å². The quantitative estimate of drug-likeness (QED) is 0.424. The van der Waals surface area contributed by atoms with Crippen LogP contribution in [0.15, 0.2) is 0 Å². The van der Waals surface area contributed by atoms with Gasteiger partial charge in [0.1, 0.15) is 5.54 Å². The van der Waals surface area contributed by atoms with Crippen LogP contribution in [0.5, 0.6) is 0 Å². The van der Waals surface area contributed by atoms with Crippen LogP contribution in [0.2, 0.25) is 6.32 Å². The van der Waals surface area contributed by atoms with Gasteiger partial charge in [0.25, 0.3) is 0 Å². The highest BCUT2D eigenvalue weighted by molar-refractivity contribution is 6.40. The second kappa shape index (κ2) is 5.40. The molecule has 7 heteroatoms. The Labute approximate surface area is 113 Å². The van der Waals surface area contributed by atoms with Gasteiger partial charge in [-0.3, -0.25) is 4.79 Å². The Hall–Kier alpha value is -0.625. The van der Waals surface area contributed by atoms with E-state index >= 15 is 0 Å². The van der Waals surface area contributed by atoms with Gasteiger partial charge in [-0.2, -0.15) is 0 Å². The Kier molecular flexibility index (Phi) is 4.20. The Bertz CT molecular complexity index is 355. The van der Waals surface area contributed by atoms with Crippen molar-refractivity contribution in [3.63, 3.8) is 0 Å². The topological polar surface area (TPSA) is 130 Å². The van der Waals surface area contributed by atoms with Gasteiger partial charge in [0.2, 0.25) is 0 Å². The van der Waals surface area contributed by atoms with Crippen molar-refractivity contribution in [1.29, 1.82) is 0 Å². The molecule has 2 aliphatic carbocycles. The van der Waals surface area contributed by atoms with Crippen LogP contribution in [0.1, 0.15) is 32.1 Å². The van der Waals surface area contributed by atoms with Crippen LogP contribution >= 0.6 is 0 Å². The fourth-order valence-corrected chi connectivity index (χ4v) is 4.13. The molecule has 0 bridgehead atoms. The summed E-state index contributed by atoms with van der Waals surface area (Å²) in [6, 6.07) is 0.152. The van der Waals surface area contributed by atoms with Crippen molar-refractivity contribution in [2.75, 3.05) is 0 Å². The fraction of sp³-hybridized carbons (Fsp3) is 0.917. The Balaban J connectivity index is 2.07. The van der Waals surface area contributed by atoms with E-state index in [1.807, 2.05) is 0 Å². The molecule has 2 aliphatic rings. The summed E-state index contributed by atoms with van der Waals surface area (Å²) < 4.78 is 0. The molecule has 2 saturated carbocycles. The van der Waals surface area contributed by atoms with E-state index < -0.39 is 18.6 Å². The van der Waals surface area contributed by atoms with Crippen LogP contribution in [0.4, 0.5) is 0 Å². The number of carboxylic acid groups (broad SMARTS) is 1. The van der Waals surface area contributed by atoms with Crippen molar-refractivity contribution >= 4 is 13.1 Å². The summed E-state index contributed by atoms with van der Waals surface area (Å²) in [5.74, 6) is -0.473. The number of carbonyl (C=O) groups is 1.